The van der Waals surface area contributed by atoms with Gasteiger partial charge in [0.15, 0.2) is 6.10 Å². The fourth-order valence-electron chi connectivity index (χ4n) is 6.16. The van der Waals surface area contributed by atoms with Crippen molar-refractivity contribution in [2.75, 3.05) is 0 Å². The summed E-state index contributed by atoms with van der Waals surface area (Å²) in [7, 11) is 0. The van der Waals surface area contributed by atoms with E-state index in [-0.39, 0.29) is 17.7 Å². The van der Waals surface area contributed by atoms with Crippen LogP contribution in [-0.4, -0.2) is 37.5 Å². The molecule has 1 unspecified atom stereocenters. The zero-order valence-corrected chi connectivity index (χ0v) is 24.3. The van der Waals surface area contributed by atoms with E-state index in [0.29, 0.717) is 31.2 Å². The number of fused-ring (bicyclic) bond motifs is 1. The van der Waals surface area contributed by atoms with Gasteiger partial charge >= 0.3 is 5.97 Å². The van der Waals surface area contributed by atoms with E-state index in [0.717, 1.165) is 65.7 Å². The molecule has 1 atom stereocenters. The number of carboxylic acids is 1. The lowest BCUT2D eigenvalue weighted by atomic mass is 9.92. The molecule has 8 nitrogen and oxygen atoms in total. The number of carboxylic acid groups (broad SMARTS) is 1. The van der Waals surface area contributed by atoms with E-state index in [1.807, 2.05) is 70.6 Å². The summed E-state index contributed by atoms with van der Waals surface area (Å²) in [6, 6.07) is 19.9. The van der Waals surface area contributed by atoms with Crippen LogP contribution in [0.1, 0.15) is 87.2 Å². The van der Waals surface area contributed by atoms with Crippen molar-refractivity contribution < 1.29 is 14.6 Å². The van der Waals surface area contributed by atoms with Gasteiger partial charge in [0, 0.05) is 24.1 Å². The van der Waals surface area contributed by atoms with Crippen LogP contribution in [0.15, 0.2) is 65.6 Å². The van der Waals surface area contributed by atoms with Gasteiger partial charge in [0.05, 0.1) is 29.6 Å². The third-order valence-corrected chi connectivity index (χ3v) is 8.42. The van der Waals surface area contributed by atoms with Crippen LogP contribution in [0.25, 0.3) is 16.8 Å². The molecule has 5 rings (SSSR count). The van der Waals surface area contributed by atoms with Crippen LogP contribution in [0.5, 0.6) is 0 Å². The van der Waals surface area contributed by atoms with Crippen molar-refractivity contribution in [3.05, 3.63) is 93.5 Å². The Labute approximate surface area is 246 Å². The van der Waals surface area contributed by atoms with Crippen molar-refractivity contribution in [2.45, 2.75) is 89.9 Å². The third-order valence-electron chi connectivity index (χ3n) is 8.42. The van der Waals surface area contributed by atoms with Gasteiger partial charge in [-0.15, -0.1) is 0 Å². The van der Waals surface area contributed by atoms with Crippen molar-refractivity contribution in [1.29, 1.82) is 5.26 Å². The predicted molar refractivity (Wildman–Crippen MR) is 162 cm³/mol. The molecule has 1 N–H and O–H groups in total. The van der Waals surface area contributed by atoms with Gasteiger partial charge in [0.25, 0.3) is 5.56 Å². The highest BCUT2D eigenvalue weighted by atomic mass is 16.5. The Bertz CT molecular complexity index is 1640. The molecule has 0 aliphatic heterocycles. The summed E-state index contributed by atoms with van der Waals surface area (Å²) in [5, 5.41) is 23.6. The molecule has 0 radical (unpaired) electrons. The molecule has 218 valence electrons. The molecular formula is C34H38N4O4. The summed E-state index contributed by atoms with van der Waals surface area (Å²) in [5.41, 5.74) is 6.07. The fraction of sp³-hybridized carbons (Fsp3) is 0.412. The van der Waals surface area contributed by atoms with E-state index in [1.54, 1.807) is 6.20 Å². The number of nitriles is 1. The van der Waals surface area contributed by atoms with Gasteiger partial charge in [-0.2, -0.15) is 10.4 Å². The maximum atomic E-state index is 14.3. The number of benzene rings is 2. The Morgan fingerprint density at radius 3 is 2.50 bits per heavy atom. The summed E-state index contributed by atoms with van der Waals surface area (Å²) in [6.45, 7) is 3.97. The minimum atomic E-state index is -0.925. The molecule has 2 aromatic heterocycles. The Kier molecular flexibility index (Phi) is 9.19. The lowest BCUT2D eigenvalue weighted by molar-refractivity contribution is -0.156. The lowest BCUT2D eigenvalue weighted by Gasteiger charge is -2.32. The van der Waals surface area contributed by atoms with Crippen molar-refractivity contribution in [3.63, 3.8) is 0 Å². The molecule has 42 heavy (non-hydrogen) atoms. The molecule has 0 spiro atoms. The number of ether oxygens (including phenoxy) is 1. The van der Waals surface area contributed by atoms with Crippen LogP contribution in [0, 0.1) is 11.3 Å². The predicted octanol–water partition coefficient (Wildman–Crippen LogP) is 6.33. The first-order chi connectivity index (χ1) is 20.4. The van der Waals surface area contributed by atoms with Crippen LogP contribution in [0.3, 0.4) is 0 Å². The molecule has 8 heteroatoms. The molecule has 1 aliphatic carbocycles. The monoisotopic (exact) mass is 566 g/mol. The Balaban J connectivity index is 1.47. The first kappa shape index (κ1) is 29.3. The number of nitrogens with zero attached hydrogens (tertiary/aromatic N) is 4. The average Bonchev–Trinajstić information content (AvgIpc) is 3.50. The minimum absolute atomic E-state index is 0.00899. The highest BCUT2D eigenvalue weighted by molar-refractivity contribution is 5.72. The van der Waals surface area contributed by atoms with E-state index in [2.05, 4.69) is 18.1 Å². The number of hydrogen-bond donors (Lipinski definition) is 1. The van der Waals surface area contributed by atoms with Crippen LogP contribution in [0.4, 0.5) is 0 Å². The number of aromatic nitrogens is 3. The molecule has 2 aromatic carbocycles. The molecule has 0 amide bonds. The Morgan fingerprint density at radius 2 is 1.83 bits per heavy atom. The van der Waals surface area contributed by atoms with E-state index < -0.39 is 12.1 Å². The molecule has 1 saturated carbocycles. The van der Waals surface area contributed by atoms with Gasteiger partial charge in [0.1, 0.15) is 5.65 Å². The summed E-state index contributed by atoms with van der Waals surface area (Å²) in [5.74, 6) is -0.925. The van der Waals surface area contributed by atoms with Crippen molar-refractivity contribution in [1.82, 2.24) is 14.2 Å². The normalized spacial score (nSPS) is 17.6. The molecule has 0 bridgehead atoms. The number of unbranched alkanes of at least 4 members (excludes halogenated alkanes) is 1. The molecule has 2 heterocycles. The second-order valence-electron chi connectivity index (χ2n) is 11.1. The van der Waals surface area contributed by atoms with Gasteiger partial charge < -0.3 is 9.84 Å². The summed E-state index contributed by atoms with van der Waals surface area (Å²) in [4.78, 5) is 25.8. The molecule has 4 aromatic rings. The second-order valence-corrected chi connectivity index (χ2v) is 11.1. The molecule has 1 fully saturated rings. The molecule has 1 aliphatic rings. The van der Waals surface area contributed by atoms with Crippen LogP contribution in [-0.2, 0) is 22.4 Å². The molecular weight excluding hydrogens is 528 g/mol. The SMILES string of the molecule is CCCCc1c(Cc2ccc(-c3ccccc3C#N)cc2)c(=O)n(C2CCC(OC(CC)C(=O)O)CC2)c2ccnn12. The van der Waals surface area contributed by atoms with Gasteiger partial charge in [-0.3, -0.25) is 9.36 Å². The Morgan fingerprint density at radius 1 is 1.10 bits per heavy atom. The third kappa shape index (κ3) is 6.02. The number of aryl methyl sites for hydroxylation is 1. The van der Waals surface area contributed by atoms with E-state index >= 15 is 0 Å². The Hall–Kier alpha value is -4.22. The van der Waals surface area contributed by atoms with Crippen LogP contribution >= 0.6 is 0 Å². The standard InChI is InChI=1S/C34H38N4O4/c1-3-5-10-30-29(21-23-11-13-24(14-12-23)28-9-7-6-8-25(28)22-35)33(39)37(32-19-20-36-38(30)32)26-15-17-27(18-16-26)42-31(4-2)34(40)41/h6-9,11-14,19-20,26-27,31H,3-5,10,15-18,21H2,1-2H3,(H,40,41). The maximum absolute atomic E-state index is 14.3. The van der Waals surface area contributed by atoms with Crippen LogP contribution < -0.4 is 5.56 Å². The molecule has 0 saturated heterocycles. The van der Waals surface area contributed by atoms with Gasteiger partial charge in [-0.25, -0.2) is 9.31 Å². The zero-order valence-electron chi connectivity index (χ0n) is 24.3. The first-order valence-corrected chi connectivity index (χ1v) is 15.0. The zero-order chi connectivity index (χ0) is 29.6. The van der Waals surface area contributed by atoms with E-state index in [4.69, 9.17) is 4.74 Å². The van der Waals surface area contributed by atoms with Crippen LogP contribution in [0.2, 0.25) is 0 Å². The highest BCUT2D eigenvalue weighted by Crippen LogP contribution is 2.32. The average molecular weight is 567 g/mol. The number of hydrogen-bond acceptors (Lipinski definition) is 5. The van der Waals surface area contributed by atoms with E-state index in [1.165, 1.54) is 0 Å². The largest absolute Gasteiger partial charge is 0.479 e. The first-order valence-electron chi connectivity index (χ1n) is 15.0. The number of carbonyl (C=O) groups is 1. The number of rotatable bonds is 11. The fourth-order valence-corrected chi connectivity index (χ4v) is 6.16. The smallest absolute Gasteiger partial charge is 0.332 e. The van der Waals surface area contributed by atoms with Crippen molar-refractivity contribution in [3.8, 4) is 17.2 Å². The lowest BCUT2D eigenvalue weighted by Crippen LogP contribution is -2.36. The van der Waals surface area contributed by atoms with Gasteiger partial charge in [0.2, 0.25) is 0 Å². The summed E-state index contributed by atoms with van der Waals surface area (Å²) < 4.78 is 9.75. The highest BCUT2D eigenvalue weighted by Gasteiger charge is 2.30. The second kappa shape index (κ2) is 13.2. The minimum Gasteiger partial charge on any atom is -0.479 e. The summed E-state index contributed by atoms with van der Waals surface area (Å²) in [6.07, 6.45) is 7.40. The van der Waals surface area contributed by atoms with E-state index in [9.17, 15) is 20.0 Å². The van der Waals surface area contributed by atoms with Gasteiger partial charge in [-0.1, -0.05) is 62.7 Å². The van der Waals surface area contributed by atoms with Gasteiger partial charge in [-0.05, 0) is 67.7 Å². The topological polar surface area (TPSA) is 110 Å². The maximum Gasteiger partial charge on any atom is 0.332 e. The van der Waals surface area contributed by atoms with Crippen molar-refractivity contribution in [2.24, 2.45) is 0 Å². The summed E-state index contributed by atoms with van der Waals surface area (Å²) >= 11 is 0. The van der Waals surface area contributed by atoms with Crippen molar-refractivity contribution >= 4 is 11.6 Å². The number of aliphatic carboxylic acids is 1. The quantitative estimate of drug-likeness (QED) is 0.227.